The Bertz CT molecular complexity index is 143. The first kappa shape index (κ1) is 8.92. The van der Waals surface area contributed by atoms with Gasteiger partial charge >= 0.3 is 0 Å². The number of hydrogen-bond acceptors (Lipinski definition) is 1. The van der Waals surface area contributed by atoms with Crippen molar-refractivity contribution in [3.05, 3.63) is 29.5 Å². The Kier molecular flexibility index (Phi) is 5.99. The fourth-order valence-electron chi connectivity index (χ4n) is 0.334. The van der Waals surface area contributed by atoms with Crippen molar-refractivity contribution in [3.63, 3.8) is 0 Å². The van der Waals surface area contributed by atoms with Crippen LogP contribution >= 0.6 is 27.5 Å². The summed E-state index contributed by atoms with van der Waals surface area (Å²) < 4.78 is 0. The highest BCUT2D eigenvalue weighted by atomic mass is 79.9. The van der Waals surface area contributed by atoms with E-state index in [0.29, 0.717) is 0 Å². The third-order valence-corrected chi connectivity index (χ3v) is 0.892. The maximum Gasteiger partial charge on any atom is 0.0436 e. The van der Waals surface area contributed by atoms with E-state index in [0.717, 1.165) is 5.02 Å². The summed E-state index contributed by atoms with van der Waals surface area (Å²) in [5, 5.41) is 0.731. The van der Waals surface area contributed by atoms with Gasteiger partial charge in [0.25, 0.3) is 0 Å². The number of pyridine rings is 1. The smallest absolute Gasteiger partial charge is 0.0436 e. The molecule has 0 saturated heterocycles. The van der Waals surface area contributed by atoms with Crippen LogP contribution in [0.25, 0.3) is 0 Å². The lowest BCUT2D eigenvalue weighted by molar-refractivity contribution is 1.33. The monoisotopic (exact) mass is 207 g/mol. The zero-order valence-electron chi connectivity index (χ0n) is 5.01. The van der Waals surface area contributed by atoms with Crippen molar-refractivity contribution in [2.45, 2.75) is 0 Å². The maximum absolute atomic E-state index is 5.50. The number of alkyl halides is 1. The van der Waals surface area contributed by atoms with E-state index < -0.39 is 0 Å². The van der Waals surface area contributed by atoms with E-state index in [-0.39, 0.29) is 0 Å². The summed E-state index contributed by atoms with van der Waals surface area (Å²) in [4.78, 5) is 3.76. The van der Waals surface area contributed by atoms with Gasteiger partial charge in [0.15, 0.2) is 0 Å². The molecule has 1 aromatic rings. The Hall–Kier alpha value is -0.0800. The molecule has 0 radical (unpaired) electrons. The Morgan fingerprint density at radius 1 is 1.33 bits per heavy atom. The molecule has 3 heteroatoms. The second-order valence-corrected chi connectivity index (χ2v) is 1.60. The summed E-state index contributed by atoms with van der Waals surface area (Å²) in [6.07, 6.45) is 3.31. The van der Waals surface area contributed by atoms with Crippen LogP contribution in [0.4, 0.5) is 0 Å². The highest BCUT2D eigenvalue weighted by molar-refractivity contribution is 9.08. The van der Waals surface area contributed by atoms with Crippen molar-refractivity contribution in [3.8, 4) is 0 Å². The predicted molar refractivity (Wildman–Crippen MR) is 44.1 cm³/mol. The fraction of sp³-hybridized carbons (Fsp3) is 0.167. The van der Waals surface area contributed by atoms with Gasteiger partial charge in [0.2, 0.25) is 0 Å². The molecule has 1 rings (SSSR count). The highest BCUT2D eigenvalue weighted by Crippen LogP contribution is 2.01. The van der Waals surface area contributed by atoms with E-state index >= 15 is 0 Å². The predicted octanol–water partition coefficient (Wildman–Crippen LogP) is 2.75. The summed E-state index contributed by atoms with van der Waals surface area (Å²) in [6, 6.07) is 3.48. The van der Waals surface area contributed by atoms with Crippen molar-refractivity contribution < 1.29 is 0 Å². The zero-order chi connectivity index (χ0) is 7.11. The lowest BCUT2D eigenvalue weighted by Crippen LogP contribution is -1.63. The SMILES string of the molecule is CBr.Clc1ccncc1. The van der Waals surface area contributed by atoms with Crippen LogP contribution in [0, 0.1) is 0 Å². The minimum absolute atomic E-state index is 0.731. The van der Waals surface area contributed by atoms with Gasteiger partial charge in [0, 0.05) is 17.4 Å². The van der Waals surface area contributed by atoms with Gasteiger partial charge in [-0.2, -0.15) is 0 Å². The van der Waals surface area contributed by atoms with Crippen molar-refractivity contribution >= 4 is 27.5 Å². The number of nitrogens with zero attached hydrogens (tertiary/aromatic N) is 1. The topological polar surface area (TPSA) is 12.9 Å². The lowest BCUT2D eigenvalue weighted by Gasteiger charge is -1.79. The molecule has 1 heterocycles. The van der Waals surface area contributed by atoms with Gasteiger partial charge < -0.3 is 0 Å². The summed E-state index contributed by atoms with van der Waals surface area (Å²) >= 11 is 8.44. The first-order chi connectivity index (χ1) is 4.39. The van der Waals surface area contributed by atoms with Crippen molar-refractivity contribution in [1.82, 2.24) is 4.98 Å². The van der Waals surface area contributed by atoms with Crippen LogP contribution in [0.3, 0.4) is 0 Å². The van der Waals surface area contributed by atoms with E-state index in [1.165, 1.54) is 0 Å². The van der Waals surface area contributed by atoms with Gasteiger partial charge in [-0.25, -0.2) is 0 Å². The second kappa shape index (κ2) is 6.05. The van der Waals surface area contributed by atoms with Crippen LogP contribution in [0.15, 0.2) is 24.5 Å². The molecule has 0 N–H and O–H groups in total. The quantitative estimate of drug-likeness (QED) is 0.598. The number of halogens is 2. The molecule has 0 atom stereocenters. The second-order valence-electron chi connectivity index (χ2n) is 1.17. The van der Waals surface area contributed by atoms with Gasteiger partial charge in [-0.1, -0.05) is 27.5 Å². The van der Waals surface area contributed by atoms with Crippen LogP contribution < -0.4 is 0 Å². The Labute approximate surface area is 68.2 Å². The highest BCUT2D eigenvalue weighted by Gasteiger charge is 1.75. The van der Waals surface area contributed by atoms with Crippen LogP contribution in [0.5, 0.6) is 0 Å². The molecule has 0 saturated carbocycles. The molecule has 0 aliphatic heterocycles. The molecule has 0 amide bonds. The van der Waals surface area contributed by atoms with Gasteiger partial charge in [-0.05, 0) is 18.0 Å². The molecule has 0 spiro atoms. The molecular weight excluding hydrogens is 201 g/mol. The third-order valence-electron chi connectivity index (χ3n) is 0.640. The van der Waals surface area contributed by atoms with E-state index in [1.54, 1.807) is 24.5 Å². The zero-order valence-corrected chi connectivity index (χ0v) is 7.35. The molecule has 0 fully saturated rings. The van der Waals surface area contributed by atoms with Crippen molar-refractivity contribution in [2.75, 3.05) is 5.83 Å². The van der Waals surface area contributed by atoms with E-state index in [2.05, 4.69) is 20.9 Å². The molecule has 0 aliphatic carbocycles. The molecule has 9 heavy (non-hydrogen) atoms. The minimum Gasteiger partial charge on any atom is -0.265 e. The van der Waals surface area contributed by atoms with Gasteiger partial charge in [0.05, 0.1) is 0 Å². The van der Waals surface area contributed by atoms with E-state index in [9.17, 15) is 0 Å². The first-order valence-corrected chi connectivity index (χ1v) is 4.29. The summed E-state index contributed by atoms with van der Waals surface area (Å²) in [7, 11) is 0. The van der Waals surface area contributed by atoms with E-state index in [4.69, 9.17) is 11.6 Å². The minimum atomic E-state index is 0.731. The number of rotatable bonds is 0. The first-order valence-electron chi connectivity index (χ1n) is 2.33. The van der Waals surface area contributed by atoms with Gasteiger partial charge in [-0.15, -0.1) is 0 Å². The van der Waals surface area contributed by atoms with Gasteiger partial charge in [-0.3, -0.25) is 4.98 Å². The summed E-state index contributed by atoms with van der Waals surface area (Å²) in [5.41, 5.74) is 0. The lowest BCUT2D eigenvalue weighted by atomic mass is 10.5. The summed E-state index contributed by atoms with van der Waals surface area (Å²) in [5.74, 6) is 1.81. The summed E-state index contributed by atoms with van der Waals surface area (Å²) in [6.45, 7) is 0. The van der Waals surface area contributed by atoms with Crippen LogP contribution in [0.1, 0.15) is 0 Å². The largest absolute Gasteiger partial charge is 0.265 e. The van der Waals surface area contributed by atoms with Crippen molar-refractivity contribution in [1.29, 1.82) is 0 Å². The molecule has 0 bridgehead atoms. The Balaban J connectivity index is 0.000000291. The average molecular weight is 208 g/mol. The normalized spacial score (nSPS) is 7.44. The standard InChI is InChI=1S/C5H4ClN.CH3Br/c6-5-1-3-7-4-2-5;1-2/h1-4H;1H3. The molecule has 1 aromatic heterocycles. The van der Waals surface area contributed by atoms with Crippen molar-refractivity contribution in [2.24, 2.45) is 0 Å². The molecule has 1 nitrogen and oxygen atoms in total. The molecule has 50 valence electrons. The molecule has 0 unspecified atom stereocenters. The third kappa shape index (κ3) is 4.43. The average Bonchev–Trinajstić information content (AvgIpc) is 1.94. The van der Waals surface area contributed by atoms with Crippen LogP contribution in [-0.4, -0.2) is 10.8 Å². The van der Waals surface area contributed by atoms with E-state index in [1.807, 2.05) is 5.83 Å². The molecule has 0 aromatic carbocycles. The van der Waals surface area contributed by atoms with Crippen LogP contribution in [0.2, 0.25) is 5.02 Å². The van der Waals surface area contributed by atoms with Crippen LogP contribution in [-0.2, 0) is 0 Å². The Morgan fingerprint density at radius 3 is 2.00 bits per heavy atom. The molecule has 0 aliphatic rings. The fourth-order valence-corrected chi connectivity index (χ4v) is 0.446. The maximum atomic E-state index is 5.50. The van der Waals surface area contributed by atoms with Gasteiger partial charge in [0.1, 0.15) is 0 Å². The molecular formula is C6H7BrClN. The number of hydrogen-bond donors (Lipinski definition) is 0. The Morgan fingerprint density at radius 2 is 1.78 bits per heavy atom. The number of aromatic nitrogens is 1.